The van der Waals surface area contributed by atoms with E-state index in [-0.39, 0.29) is 11.7 Å². The van der Waals surface area contributed by atoms with Crippen molar-refractivity contribution < 1.29 is 5.11 Å². The number of nitrogens with one attached hydrogen (secondary N) is 2. The lowest BCUT2D eigenvalue weighted by Gasteiger charge is -2.47. The minimum atomic E-state index is -1.02. The van der Waals surface area contributed by atoms with Crippen LogP contribution in [0.15, 0.2) is 54.6 Å². The van der Waals surface area contributed by atoms with E-state index in [0.717, 1.165) is 28.9 Å². The first-order valence-corrected chi connectivity index (χ1v) is 10.4. The number of halogens is 1. The molecular weight excluding hydrogens is 400 g/mol. The number of aromatic amines is 2. The third-order valence-electron chi connectivity index (χ3n) is 6.54. The van der Waals surface area contributed by atoms with Crippen LogP contribution in [0.25, 0.3) is 17.0 Å². The van der Waals surface area contributed by atoms with Crippen LogP contribution in [0.5, 0.6) is 0 Å². The Labute approximate surface area is 180 Å². The van der Waals surface area contributed by atoms with E-state index in [0.29, 0.717) is 12.2 Å². The Kier molecular flexibility index (Phi) is 5.24. The molecule has 1 aliphatic carbocycles. The van der Waals surface area contributed by atoms with Crippen LogP contribution in [0.4, 0.5) is 0 Å². The summed E-state index contributed by atoms with van der Waals surface area (Å²) in [4.78, 5) is 6.71. The Morgan fingerprint density at radius 2 is 2.07 bits per heavy atom. The van der Waals surface area contributed by atoms with Crippen molar-refractivity contribution in [1.82, 2.24) is 30.6 Å². The van der Waals surface area contributed by atoms with Crippen molar-refractivity contribution in [2.45, 2.75) is 43.9 Å². The molecule has 1 aliphatic rings. The van der Waals surface area contributed by atoms with Gasteiger partial charge in [-0.15, -0.1) is 21.8 Å². The fourth-order valence-corrected chi connectivity index (χ4v) is 4.72. The molecule has 0 fully saturated rings. The first-order valence-electron chi connectivity index (χ1n) is 10.0. The smallest absolute Gasteiger partial charge is 0.205 e. The molecule has 0 spiro atoms. The van der Waals surface area contributed by atoms with Crippen molar-refractivity contribution in [3.63, 3.8) is 0 Å². The highest BCUT2D eigenvalue weighted by Gasteiger charge is 2.55. The van der Waals surface area contributed by atoms with Crippen LogP contribution >= 0.6 is 11.6 Å². The number of benzene rings is 1. The van der Waals surface area contributed by atoms with Crippen LogP contribution in [-0.4, -0.2) is 40.6 Å². The summed E-state index contributed by atoms with van der Waals surface area (Å²) in [5.41, 5.74) is 2.02. The summed E-state index contributed by atoms with van der Waals surface area (Å²) in [6, 6.07) is 7.77. The van der Waals surface area contributed by atoms with Gasteiger partial charge in [0.1, 0.15) is 16.5 Å². The van der Waals surface area contributed by atoms with Gasteiger partial charge in [0.15, 0.2) is 0 Å². The van der Waals surface area contributed by atoms with Crippen molar-refractivity contribution in [2.24, 2.45) is 5.92 Å². The second kappa shape index (κ2) is 7.72. The molecule has 0 saturated heterocycles. The topological polar surface area (TPSA) is 103 Å². The number of alkyl halides is 1. The molecule has 0 aliphatic heterocycles. The molecule has 0 bridgehead atoms. The number of aliphatic hydroxyl groups excluding tert-OH is 1. The Morgan fingerprint density at radius 1 is 1.30 bits per heavy atom. The van der Waals surface area contributed by atoms with Gasteiger partial charge in [-0.1, -0.05) is 57.5 Å². The summed E-state index contributed by atoms with van der Waals surface area (Å²) >= 11 is 7.23. The predicted octanol–water partition coefficient (Wildman–Crippen LogP) is 4.80. The number of H-pyrrole nitrogens is 2. The summed E-state index contributed by atoms with van der Waals surface area (Å²) in [5.74, 6) is 1.58. The van der Waals surface area contributed by atoms with Gasteiger partial charge in [0.25, 0.3) is 0 Å². The largest absolute Gasteiger partial charge is 0.510 e. The number of hydrogen-bond donors (Lipinski definition) is 3. The summed E-state index contributed by atoms with van der Waals surface area (Å²) in [7, 11) is 0. The first kappa shape index (κ1) is 20.3. The molecule has 4 rings (SSSR count). The summed E-state index contributed by atoms with van der Waals surface area (Å²) in [6.45, 7) is 6.34. The van der Waals surface area contributed by atoms with E-state index in [1.165, 1.54) is 0 Å². The fourth-order valence-electron chi connectivity index (χ4n) is 4.32. The van der Waals surface area contributed by atoms with E-state index in [9.17, 15) is 5.11 Å². The van der Waals surface area contributed by atoms with Gasteiger partial charge in [-0.3, -0.25) is 0 Å². The third kappa shape index (κ3) is 3.04. The monoisotopic (exact) mass is 424 g/mol. The number of allylic oxidation sites excluding steroid dienone is 4. The van der Waals surface area contributed by atoms with Crippen molar-refractivity contribution in [2.75, 3.05) is 0 Å². The maximum absolute atomic E-state index is 11.3. The molecular formula is C22H25ClN6O. The lowest BCUT2D eigenvalue weighted by atomic mass is 9.63. The van der Waals surface area contributed by atoms with Gasteiger partial charge in [-0.05, 0) is 34.8 Å². The molecule has 2 heterocycles. The van der Waals surface area contributed by atoms with E-state index in [2.05, 4.69) is 57.4 Å². The van der Waals surface area contributed by atoms with Crippen LogP contribution in [-0.2, 0) is 5.41 Å². The van der Waals surface area contributed by atoms with E-state index in [4.69, 9.17) is 11.6 Å². The molecule has 0 amide bonds. The molecule has 8 heteroatoms. The zero-order chi connectivity index (χ0) is 21.4. The number of nitrogens with zero attached hydrogens (tertiary/aromatic N) is 4. The Bertz CT molecular complexity index is 1080. The predicted molar refractivity (Wildman–Crippen MR) is 117 cm³/mol. The van der Waals surface area contributed by atoms with E-state index >= 15 is 0 Å². The molecule has 7 nitrogen and oxygen atoms in total. The number of aliphatic hydroxyl groups is 1. The zero-order valence-corrected chi connectivity index (χ0v) is 18.0. The summed E-state index contributed by atoms with van der Waals surface area (Å²) in [6.07, 6.45) is 8.68. The normalized spacial score (nSPS) is 22.1. The molecule has 3 N–H and O–H groups in total. The average Bonchev–Trinajstić information content (AvgIpc) is 3.49. The van der Waals surface area contributed by atoms with Crippen LogP contribution in [0.2, 0.25) is 0 Å². The minimum Gasteiger partial charge on any atom is -0.510 e. The lowest BCUT2D eigenvalue weighted by molar-refractivity contribution is 0.184. The average molecular weight is 425 g/mol. The maximum Gasteiger partial charge on any atom is 0.205 e. The van der Waals surface area contributed by atoms with E-state index in [1.807, 2.05) is 24.3 Å². The van der Waals surface area contributed by atoms with Crippen molar-refractivity contribution in [3.8, 4) is 11.4 Å². The molecule has 3 unspecified atom stereocenters. The van der Waals surface area contributed by atoms with Crippen LogP contribution in [0, 0.1) is 5.92 Å². The second-order valence-electron chi connectivity index (χ2n) is 7.92. The Hall–Kier alpha value is -2.93. The number of imidazole rings is 1. The minimum absolute atomic E-state index is 0.129. The van der Waals surface area contributed by atoms with Gasteiger partial charge >= 0.3 is 0 Å². The highest BCUT2D eigenvalue weighted by molar-refractivity contribution is 6.27. The fraction of sp³-hybridized carbons (Fsp3) is 0.364. The SMILES string of the molecule is CCC(C)C(C)(c1ncc[nH]1)C1(Cl)CC=C(c2ccccc2-c2nn[nH]n2)C=C1O. The number of aromatic nitrogens is 6. The Morgan fingerprint density at radius 3 is 2.67 bits per heavy atom. The van der Waals surface area contributed by atoms with Crippen LogP contribution < -0.4 is 0 Å². The molecule has 1 aromatic carbocycles. The highest BCUT2D eigenvalue weighted by atomic mass is 35.5. The third-order valence-corrected chi connectivity index (χ3v) is 7.28. The van der Waals surface area contributed by atoms with Crippen molar-refractivity contribution in [1.29, 1.82) is 0 Å². The molecule has 2 aromatic heterocycles. The second-order valence-corrected chi connectivity index (χ2v) is 8.57. The van der Waals surface area contributed by atoms with E-state index < -0.39 is 10.3 Å². The van der Waals surface area contributed by atoms with Crippen molar-refractivity contribution >= 4 is 17.2 Å². The van der Waals surface area contributed by atoms with Gasteiger partial charge in [-0.2, -0.15) is 5.21 Å². The molecule has 0 radical (unpaired) electrons. The molecule has 3 aromatic rings. The number of tetrazole rings is 1. The lowest BCUT2D eigenvalue weighted by Crippen LogP contribution is -2.52. The first-order chi connectivity index (χ1) is 14.4. The van der Waals surface area contributed by atoms with Gasteiger partial charge in [0.05, 0.1) is 5.41 Å². The summed E-state index contributed by atoms with van der Waals surface area (Å²) < 4.78 is 0. The molecule has 30 heavy (non-hydrogen) atoms. The van der Waals surface area contributed by atoms with Crippen LogP contribution in [0.1, 0.15) is 45.0 Å². The standard InChI is InChI=1S/C22H25ClN6O/c1-4-14(2)21(3,20-24-11-12-25-20)22(23)10-9-15(13-18(22)30)16-7-5-6-8-17(16)19-26-28-29-27-19/h5-9,11-14,30H,4,10H2,1-3H3,(H,24,25)(H,26,27,28,29). The molecule has 0 saturated carbocycles. The number of rotatable bonds is 6. The zero-order valence-electron chi connectivity index (χ0n) is 17.2. The maximum atomic E-state index is 11.3. The highest BCUT2D eigenvalue weighted by Crippen LogP contribution is 2.53. The Balaban J connectivity index is 1.77. The molecule has 156 valence electrons. The number of hydrogen-bond acceptors (Lipinski definition) is 5. The summed E-state index contributed by atoms with van der Waals surface area (Å²) in [5, 5.41) is 25.6. The van der Waals surface area contributed by atoms with E-state index in [1.54, 1.807) is 18.5 Å². The van der Waals surface area contributed by atoms with Gasteiger partial charge in [-0.25, -0.2) is 4.98 Å². The van der Waals surface area contributed by atoms with Crippen LogP contribution in [0.3, 0.4) is 0 Å². The van der Waals surface area contributed by atoms with Gasteiger partial charge < -0.3 is 10.1 Å². The van der Waals surface area contributed by atoms with Gasteiger partial charge in [0, 0.05) is 18.0 Å². The molecule has 3 atom stereocenters. The van der Waals surface area contributed by atoms with Crippen molar-refractivity contribution in [3.05, 3.63) is 66.0 Å². The van der Waals surface area contributed by atoms with Gasteiger partial charge in [0.2, 0.25) is 5.82 Å². The quantitative estimate of drug-likeness (QED) is 0.493.